The van der Waals surface area contributed by atoms with Gasteiger partial charge in [0.1, 0.15) is 0 Å². The highest BCUT2D eigenvalue weighted by atomic mass is 35.5. The van der Waals surface area contributed by atoms with Crippen molar-refractivity contribution in [2.45, 2.75) is 65.2 Å². The van der Waals surface area contributed by atoms with Crippen molar-refractivity contribution < 1.29 is 14.7 Å². The predicted octanol–water partition coefficient (Wildman–Crippen LogP) is 4.63. The Morgan fingerprint density at radius 3 is 2.65 bits per heavy atom. The molecular weight excluding hydrogens is 350 g/mol. The lowest BCUT2D eigenvalue weighted by atomic mass is 9.49. The van der Waals surface area contributed by atoms with Gasteiger partial charge in [0.2, 0.25) is 5.91 Å². The third-order valence-electron chi connectivity index (χ3n) is 8.65. The first kappa shape index (κ1) is 18.3. The summed E-state index contributed by atoms with van der Waals surface area (Å²) in [6.45, 7) is 4.65. The second-order valence-corrected chi connectivity index (χ2v) is 10.1. The molecule has 1 N–H and O–H groups in total. The van der Waals surface area contributed by atoms with Crippen LogP contribution in [0.5, 0.6) is 0 Å². The van der Waals surface area contributed by atoms with Crippen molar-refractivity contribution in [1.82, 2.24) is 4.90 Å². The summed E-state index contributed by atoms with van der Waals surface area (Å²) < 4.78 is 0. The van der Waals surface area contributed by atoms with Gasteiger partial charge in [0.15, 0.2) is 0 Å². The maximum absolute atomic E-state index is 12.3. The number of hydrogen-bond acceptors (Lipinski definition) is 2. The normalized spacial score (nSPS) is 45.2. The number of carboxylic acid groups (broad SMARTS) is 1. The Morgan fingerprint density at radius 1 is 1.23 bits per heavy atom. The zero-order valence-corrected chi connectivity index (χ0v) is 16.8. The van der Waals surface area contributed by atoms with Crippen LogP contribution in [0.25, 0.3) is 0 Å². The van der Waals surface area contributed by atoms with Crippen molar-refractivity contribution in [2.75, 3.05) is 7.05 Å². The molecule has 5 heteroatoms. The van der Waals surface area contributed by atoms with Crippen molar-refractivity contribution in [1.29, 1.82) is 0 Å². The average molecular weight is 380 g/mol. The molecule has 1 heterocycles. The van der Waals surface area contributed by atoms with Crippen molar-refractivity contribution in [3.63, 3.8) is 0 Å². The molecule has 4 unspecified atom stereocenters. The predicted molar refractivity (Wildman–Crippen MR) is 100 cm³/mol. The van der Waals surface area contributed by atoms with Crippen molar-refractivity contribution in [2.24, 2.45) is 34.5 Å². The number of fused-ring (bicyclic) bond motifs is 5. The molecule has 3 aliphatic carbocycles. The van der Waals surface area contributed by atoms with Gasteiger partial charge in [0.25, 0.3) is 0 Å². The summed E-state index contributed by atoms with van der Waals surface area (Å²) in [7, 11) is 1.88. The van der Waals surface area contributed by atoms with Crippen LogP contribution in [0.2, 0.25) is 0 Å². The smallest absolute Gasteiger partial charge is 0.303 e. The highest BCUT2D eigenvalue weighted by molar-refractivity contribution is 6.30. The highest BCUT2D eigenvalue weighted by Crippen LogP contribution is 2.67. The van der Waals surface area contributed by atoms with Crippen LogP contribution in [0, 0.1) is 34.5 Å². The van der Waals surface area contributed by atoms with Crippen molar-refractivity contribution >= 4 is 23.5 Å². The van der Waals surface area contributed by atoms with Gasteiger partial charge in [-0.15, -0.1) is 0 Å². The summed E-state index contributed by atoms with van der Waals surface area (Å²) in [6, 6.07) is 0. The van der Waals surface area contributed by atoms with Gasteiger partial charge < -0.3 is 10.0 Å². The molecule has 0 spiro atoms. The number of likely N-dealkylation sites (tertiary alicyclic amines) is 1. The van der Waals surface area contributed by atoms with Crippen LogP contribution in [-0.4, -0.2) is 28.9 Å². The zero-order chi connectivity index (χ0) is 18.9. The summed E-state index contributed by atoms with van der Waals surface area (Å²) in [5, 5.41) is 10.2. The van der Waals surface area contributed by atoms with E-state index in [-0.39, 0.29) is 16.7 Å². The number of hydrogen-bond donors (Lipinski definition) is 1. The Morgan fingerprint density at radius 2 is 1.96 bits per heavy atom. The van der Waals surface area contributed by atoms with E-state index in [9.17, 15) is 14.7 Å². The van der Waals surface area contributed by atoms with Crippen LogP contribution in [0.4, 0.5) is 0 Å². The molecule has 1 aliphatic heterocycles. The van der Waals surface area contributed by atoms with Gasteiger partial charge in [-0.25, -0.2) is 0 Å². The minimum atomic E-state index is -0.665. The van der Waals surface area contributed by atoms with E-state index in [0.717, 1.165) is 49.3 Å². The monoisotopic (exact) mass is 379 g/mol. The Kier molecular flexibility index (Phi) is 4.22. The van der Waals surface area contributed by atoms with E-state index in [4.69, 9.17) is 11.6 Å². The van der Waals surface area contributed by atoms with Gasteiger partial charge >= 0.3 is 5.97 Å². The quantitative estimate of drug-likeness (QED) is 0.760. The lowest BCUT2D eigenvalue weighted by molar-refractivity contribution is -0.140. The van der Waals surface area contributed by atoms with Gasteiger partial charge in [-0.1, -0.05) is 25.4 Å². The topological polar surface area (TPSA) is 57.6 Å². The maximum Gasteiger partial charge on any atom is 0.303 e. The van der Waals surface area contributed by atoms with Crippen LogP contribution in [0.15, 0.2) is 10.7 Å². The van der Waals surface area contributed by atoms with E-state index < -0.39 is 5.97 Å². The van der Waals surface area contributed by atoms with E-state index >= 15 is 0 Å². The Labute approximate surface area is 161 Å². The molecule has 26 heavy (non-hydrogen) atoms. The van der Waals surface area contributed by atoms with E-state index in [1.165, 1.54) is 0 Å². The first-order valence-electron chi connectivity index (χ1n) is 10.1. The van der Waals surface area contributed by atoms with Crippen LogP contribution in [-0.2, 0) is 9.59 Å². The number of carbonyl (C=O) groups excluding carboxylic acids is 1. The number of rotatable bonds is 2. The van der Waals surface area contributed by atoms with Crippen LogP contribution < -0.4 is 0 Å². The summed E-state index contributed by atoms with van der Waals surface area (Å²) in [5.41, 5.74) is 1.18. The first-order chi connectivity index (χ1) is 12.2. The summed E-state index contributed by atoms with van der Waals surface area (Å²) in [6.07, 6.45) is 7.04. The molecule has 2 saturated carbocycles. The van der Waals surface area contributed by atoms with Crippen LogP contribution >= 0.6 is 11.6 Å². The Balaban J connectivity index is 1.69. The zero-order valence-electron chi connectivity index (χ0n) is 16.1. The summed E-state index contributed by atoms with van der Waals surface area (Å²) in [5.74, 6) is 1.44. The fraction of sp³-hybridized carbons (Fsp3) is 0.810. The lowest BCUT2D eigenvalue weighted by Crippen LogP contribution is -2.54. The number of carboxylic acids is 1. The summed E-state index contributed by atoms with van der Waals surface area (Å²) in [4.78, 5) is 25.4. The molecule has 6 atom stereocenters. The molecule has 0 bridgehead atoms. The second-order valence-electron chi connectivity index (χ2n) is 9.62. The van der Waals surface area contributed by atoms with E-state index in [1.54, 1.807) is 0 Å². The van der Waals surface area contributed by atoms with Gasteiger partial charge in [-0.05, 0) is 67.6 Å². The molecule has 0 radical (unpaired) electrons. The average Bonchev–Trinajstić information content (AvgIpc) is 2.88. The number of halogens is 1. The molecule has 0 aromatic heterocycles. The number of carbonyl (C=O) groups is 2. The van der Waals surface area contributed by atoms with E-state index in [0.29, 0.717) is 36.5 Å². The number of aliphatic carboxylic acids is 1. The van der Waals surface area contributed by atoms with Gasteiger partial charge in [0.05, 0.1) is 0 Å². The third-order valence-corrected chi connectivity index (χ3v) is 8.99. The minimum absolute atomic E-state index is 0.0190. The van der Waals surface area contributed by atoms with E-state index in [2.05, 4.69) is 13.8 Å². The number of nitrogens with zero attached hydrogens (tertiary/aromatic N) is 1. The number of amides is 1. The Bertz CT molecular complexity index is 689. The van der Waals surface area contributed by atoms with Gasteiger partial charge in [0, 0.05) is 36.0 Å². The van der Waals surface area contributed by atoms with Crippen LogP contribution in [0.3, 0.4) is 0 Å². The molecule has 144 valence electrons. The highest BCUT2D eigenvalue weighted by Gasteiger charge is 2.60. The largest absolute Gasteiger partial charge is 0.481 e. The molecule has 0 aromatic rings. The standard InChI is InChI=1S/C21H30ClNO3/c1-20-8-6-15-13(14(20)5-4-12(20)10-18(25)26)11-16(22)19-21(15,2)9-7-17(24)23(19)3/h12-15H,4-11H2,1-3H3,(H,25,26)/t12?,13?,14?,15?,20-,21-/m1/s1. The second kappa shape index (κ2) is 5.98. The SMILES string of the molecule is CN1C(=O)CC[C@@]2(C)C1=C(Cl)CC1C3CCC(CC(=O)O)[C@@]3(C)CCC12. The molecule has 1 amide bonds. The summed E-state index contributed by atoms with van der Waals surface area (Å²) >= 11 is 6.81. The molecule has 0 aromatic carbocycles. The molecule has 3 fully saturated rings. The fourth-order valence-electron chi connectivity index (χ4n) is 7.34. The van der Waals surface area contributed by atoms with Gasteiger partial charge in [-0.2, -0.15) is 0 Å². The van der Waals surface area contributed by atoms with Crippen molar-refractivity contribution in [3.8, 4) is 0 Å². The minimum Gasteiger partial charge on any atom is -0.481 e. The fourth-order valence-corrected chi connectivity index (χ4v) is 7.86. The van der Waals surface area contributed by atoms with Crippen molar-refractivity contribution in [3.05, 3.63) is 10.7 Å². The van der Waals surface area contributed by atoms with Gasteiger partial charge in [-0.3, -0.25) is 9.59 Å². The maximum atomic E-state index is 12.3. The third kappa shape index (κ3) is 2.40. The molecule has 1 saturated heterocycles. The van der Waals surface area contributed by atoms with Crippen LogP contribution in [0.1, 0.15) is 65.2 Å². The molecule has 4 aliphatic rings. The lowest BCUT2D eigenvalue weighted by Gasteiger charge is -2.59. The molecule has 4 nitrogen and oxygen atoms in total. The molecular formula is C21H30ClNO3. The van der Waals surface area contributed by atoms with E-state index in [1.807, 2.05) is 11.9 Å². The number of piperidine rings is 1. The molecule has 4 rings (SSSR count). The Hall–Kier alpha value is -1.03. The number of allylic oxidation sites excluding steroid dienone is 2. The first-order valence-corrected chi connectivity index (χ1v) is 10.4.